The molecule has 0 aliphatic carbocycles. The molecule has 1 N–H and O–H groups in total. The zero-order chi connectivity index (χ0) is 19.8. The molecule has 0 saturated carbocycles. The second-order valence-electron chi connectivity index (χ2n) is 6.80. The molecule has 0 radical (unpaired) electrons. The standard InChI is InChI=1S/C18H20N2O6S/c1-12-10-14(20(21)22)5-7-17(12)27(23,24)19-18(2,3)13-4-6-15-16(11-13)26-9-8-25-15/h4-7,10-11,19H,8-9H2,1-3H3. The second-order valence-corrected chi connectivity index (χ2v) is 8.45. The second kappa shape index (κ2) is 6.82. The van der Waals surface area contributed by atoms with E-state index in [-0.39, 0.29) is 10.6 Å². The lowest BCUT2D eigenvalue weighted by Gasteiger charge is -2.28. The lowest BCUT2D eigenvalue weighted by Crippen LogP contribution is -2.41. The van der Waals surface area contributed by atoms with E-state index < -0.39 is 20.5 Å². The van der Waals surface area contributed by atoms with Crippen LogP contribution in [0.1, 0.15) is 25.0 Å². The summed E-state index contributed by atoms with van der Waals surface area (Å²) in [5.41, 5.74) is -0.0924. The predicted molar refractivity (Wildman–Crippen MR) is 98.6 cm³/mol. The maximum Gasteiger partial charge on any atom is 0.269 e. The van der Waals surface area contributed by atoms with E-state index in [1.807, 2.05) is 0 Å². The van der Waals surface area contributed by atoms with Crippen molar-refractivity contribution in [3.05, 3.63) is 57.6 Å². The van der Waals surface area contributed by atoms with Gasteiger partial charge >= 0.3 is 0 Å². The fourth-order valence-electron chi connectivity index (χ4n) is 2.93. The summed E-state index contributed by atoms with van der Waals surface area (Å²) in [5, 5.41) is 10.9. The first-order chi connectivity index (χ1) is 12.6. The van der Waals surface area contributed by atoms with E-state index in [0.29, 0.717) is 35.8 Å². The summed E-state index contributed by atoms with van der Waals surface area (Å²) in [7, 11) is -3.91. The molecule has 27 heavy (non-hydrogen) atoms. The molecule has 8 nitrogen and oxygen atoms in total. The van der Waals surface area contributed by atoms with Crippen molar-refractivity contribution in [2.45, 2.75) is 31.2 Å². The Morgan fingerprint density at radius 2 is 1.74 bits per heavy atom. The minimum Gasteiger partial charge on any atom is -0.486 e. The summed E-state index contributed by atoms with van der Waals surface area (Å²) in [6.45, 7) is 5.90. The van der Waals surface area contributed by atoms with E-state index in [4.69, 9.17) is 9.47 Å². The number of fused-ring (bicyclic) bond motifs is 1. The van der Waals surface area contributed by atoms with E-state index in [9.17, 15) is 18.5 Å². The summed E-state index contributed by atoms with van der Waals surface area (Å²) in [4.78, 5) is 10.3. The van der Waals surface area contributed by atoms with Crippen molar-refractivity contribution in [1.82, 2.24) is 4.72 Å². The number of non-ortho nitro benzene ring substituents is 1. The summed E-state index contributed by atoms with van der Waals surface area (Å²) >= 11 is 0. The Labute approximate surface area is 157 Å². The Kier molecular flexibility index (Phi) is 4.83. The van der Waals surface area contributed by atoms with Crippen LogP contribution >= 0.6 is 0 Å². The SMILES string of the molecule is Cc1cc([N+](=O)[O-])ccc1S(=O)(=O)NC(C)(C)c1ccc2c(c1)OCCO2. The Balaban J connectivity index is 1.91. The van der Waals surface area contributed by atoms with Crippen LogP contribution in [0.3, 0.4) is 0 Å². The van der Waals surface area contributed by atoms with Gasteiger partial charge in [-0.15, -0.1) is 0 Å². The first kappa shape index (κ1) is 19.1. The van der Waals surface area contributed by atoms with Gasteiger partial charge in [0.15, 0.2) is 11.5 Å². The van der Waals surface area contributed by atoms with E-state index in [1.165, 1.54) is 25.1 Å². The highest BCUT2D eigenvalue weighted by Gasteiger charge is 2.30. The topological polar surface area (TPSA) is 108 Å². The van der Waals surface area contributed by atoms with Gasteiger partial charge < -0.3 is 9.47 Å². The van der Waals surface area contributed by atoms with Crippen molar-refractivity contribution in [3.8, 4) is 11.5 Å². The molecular weight excluding hydrogens is 372 g/mol. The Bertz CT molecular complexity index is 1000. The van der Waals surface area contributed by atoms with Gasteiger partial charge in [-0.25, -0.2) is 13.1 Å². The molecule has 0 fully saturated rings. The molecule has 2 aromatic carbocycles. The van der Waals surface area contributed by atoms with Crippen molar-refractivity contribution >= 4 is 15.7 Å². The molecule has 0 unspecified atom stereocenters. The highest BCUT2D eigenvalue weighted by atomic mass is 32.2. The third-order valence-corrected chi connectivity index (χ3v) is 6.13. The Morgan fingerprint density at radius 1 is 1.07 bits per heavy atom. The van der Waals surface area contributed by atoms with Gasteiger partial charge in [-0.2, -0.15) is 0 Å². The lowest BCUT2D eigenvalue weighted by molar-refractivity contribution is -0.385. The summed E-state index contributed by atoms with van der Waals surface area (Å²) in [6.07, 6.45) is 0. The fraction of sp³-hybridized carbons (Fsp3) is 0.333. The number of benzene rings is 2. The predicted octanol–water partition coefficient (Wildman–Crippen LogP) is 2.89. The Hall–Kier alpha value is -2.65. The maximum atomic E-state index is 12.9. The molecule has 0 atom stereocenters. The smallest absolute Gasteiger partial charge is 0.269 e. The number of nitrogens with one attached hydrogen (secondary N) is 1. The number of nitrogens with zero attached hydrogens (tertiary/aromatic N) is 1. The van der Waals surface area contributed by atoms with Crippen LogP contribution in [0.5, 0.6) is 11.5 Å². The fourth-order valence-corrected chi connectivity index (χ4v) is 4.56. The molecule has 1 aliphatic rings. The van der Waals surface area contributed by atoms with Crippen molar-refractivity contribution in [2.24, 2.45) is 0 Å². The van der Waals surface area contributed by atoms with E-state index in [0.717, 1.165) is 0 Å². The first-order valence-electron chi connectivity index (χ1n) is 8.29. The number of aryl methyl sites for hydroxylation is 1. The van der Waals surface area contributed by atoms with Gasteiger partial charge in [0.2, 0.25) is 10.0 Å². The third kappa shape index (κ3) is 3.88. The number of hydrogen-bond acceptors (Lipinski definition) is 6. The quantitative estimate of drug-likeness (QED) is 0.619. The largest absolute Gasteiger partial charge is 0.486 e. The summed E-state index contributed by atoms with van der Waals surface area (Å²) in [6, 6.07) is 8.94. The van der Waals surface area contributed by atoms with Crippen LogP contribution in [0.15, 0.2) is 41.3 Å². The number of hydrogen-bond donors (Lipinski definition) is 1. The number of nitro benzene ring substituents is 1. The molecule has 0 spiro atoms. The first-order valence-corrected chi connectivity index (χ1v) is 9.78. The van der Waals surface area contributed by atoms with E-state index >= 15 is 0 Å². The zero-order valence-electron chi connectivity index (χ0n) is 15.2. The van der Waals surface area contributed by atoms with Crippen LogP contribution in [0.2, 0.25) is 0 Å². The van der Waals surface area contributed by atoms with Crippen molar-refractivity contribution < 1.29 is 22.8 Å². The van der Waals surface area contributed by atoms with Crippen molar-refractivity contribution in [3.63, 3.8) is 0 Å². The van der Waals surface area contributed by atoms with Crippen LogP contribution in [0.25, 0.3) is 0 Å². The maximum absolute atomic E-state index is 12.9. The molecular formula is C18H20N2O6S. The number of nitro groups is 1. The van der Waals surface area contributed by atoms with E-state index in [2.05, 4.69) is 4.72 Å². The van der Waals surface area contributed by atoms with E-state index in [1.54, 1.807) is 32.0 Å². The molecule has 0 bridgehead atoms. The molecule has 144 valence electrons. The molecule has 3 rings (SSSR count). The molecule has 0 amide bonds. The molecule has 1 heterocycles. The summed E-state index contributed by atoms with van der Waals surface area (Å²) in [5.74, 6) is 1.19. The number of rotatable bonds is 5. The van der Waals surface area contributed by atoms with Crippen LogP contribution in [0.4, 0.5) is 5.69 Å². The van der Waals surface area contributed by atoms with Gasteiger partial charge in [-0.05, 0) is 50.1 Å². The average molecular weight is 392 g/mol. The van der Waals surface area contributed by atoms with Crippen LogP contribution in [0, 0.1) is 17.0 Å². The molecule has 2 aromatic rings. The van der Waals surface area contributed by atoms with Crippen molar-refractivity contribution in [1.29, 1.82) is 0 Å². The lowest BCUT2D eigenvalue weighted by atomic mass is 9.95. The van der Waals surface area contributed by atoms with Gasteiger partial charge in [-0.1, -0.05) is 6.07 Å². The normalized spacial score (nSPS) is 14.0. The monoisotopic (exact) mass is 392 g/mol. The van der Waals surface area contributed by atoms with Gasteiger partial charge in [0.25, 0.3) is 5.69 Å². The highest BCUT2D eigenvalue weighted by molar-refractivity contribution is 7.89. The average Bonchev–Trinajstić information content (AvgIpc) is 2.60. The van der Waals surface area contributed by atoms with Crippen LogP contribution in [-0.2, 0) is 15.6 Å². The molecule has 1 aliphatic heterocycles. The Morgan fingerprint density at radius 3 is 2.37 bits per heavy atom. The van der Waals surface area contributed by atoms with Crippen LogP contribution in [-0.4, -0.2) is 26.6 Å². The summed E-state index contributed by atoms with van der Waals surface area (Å²) < 4.78 is 39.5. The minimum atomic E-state index is -3.91. The zero-order valence-corrected chi connectivity index (χ0v) is 16.0. The molecule has 0 saturated heterocycles. The molecule has 0 aromatic heterocycles. The minimum absolute atomic E-state index is 0.00119. The van der Waals surface area contributed by atoms with Gasteiger partial charge in [-0.3, -0.25) is 10.1 Å². The van der Waals surface area contributed by atoms with Gasteiger partial charge in [0, 0.05) is 12.1 Å². The number of sulfonamides is 1. The van der Waals surface area contributed by atoms with Gasteiger partial charge in [0.05, 0.1) is 15.4 Å². The van der Waals surface area contributed by atoms with Gasteiger partial charge in [0.1, 0.15) is 13.2 Å². The molecule has 9 heteroatoms. The third-order valence-electron chi connectivity index (χ3n) is 4.31. The van der Waals surface area contributed by atoms with Crippen molar-refractivity contribution in [2.75, 3.05) is 13.2 Å². The number of ether oxygens (including phenoxy) is 2. The van der Waals surface area contributed by atoms with Crippen LogP contribution < -0.4 is 14.2 Å². The highest BCUT2D eigenvalue weighted by Crippen LogP contribution is 2.35.